The standard InChI is InChI=1S/C21H20N2/c1-22-23-17-21(18-11-5-2-6-12-18,19-13-7-3-8-14-19)20-15-9-4-10-16-20/h2-16H,17H2,1H3. The third-order valence-corrected chi connectivity index (χ3v) is 4.25. The summed E-state index contributed by atoms with van der Waals surface area (Å²) < 4.78 is 0. The van der Waals surface area contributed by atoms with E-state index in [0.29, 0.717) is 6.54 Å². The molecule has 0 amide bonds. The number of benzene rings is 3. The first-order valence-corrected chi connectivity index (χ1v) is 7.80. The highest BCUT2D eigenvalue weighted by Gasteiger charge is 2.36. The van der Waals surface area contributed by atoms with Gasteiger partial charge in [0.25, 0.3) is 0 Å². The van der Waals surface area contributed by atoms with E-state index in [-0.39, 0.29) is 5.41 Å². The second-order valence-electron chi connectivity index (χ2n) is 5.50. The molecule has 0 bridgehead atoms. The van der Waals surface area contributed by atoms with Gasteiger partial charge in [0.1, 0.15) is 0 Å². The van der Waals surface area contributed by atoms with Crippen molar-refractivity contribution in [2.75, 3.05) is 13.6 Å². The van der Waals surface area contributed by atoms with Crippen molar-refractivity contribution in [1.82, 2.24) is 0 Å². The molecule has 0 spiro atoms. The van der Waals surface area contributed by atoms with E-state index in [0.717, 1.165) is 0 Å². The number of rotatable bonds is 5. The van der Waals surface area contributed by atoms with Gasteiger partial charge >= 0.3 is 0 Å². The van der Waals surface area contributed by atoms with Gasteiger partial charge < -0.3 is 0 Å². The number of nitrogens with zero attached hydrogens (tertiary/aromatic N) is 2. The summed E-state index contributed by atoms with van der Waals surface area (Å²) in [7, 11) is 1.73. The maximum Gasteiger partial charge on any atom is 0.0777 e. The SMILES string of the molecule is CN=NCC(c1ccccc1)(c1ccccc1)c1ccccc1. The minimum absolute atomic E-state index is 0.330. The summed E-state index contributed by atoms with van der Waals surface area (Å²) in [6, 6.07) is 31.7. The summed E-state index contributed by atoms with van der Waals surface area (Å²) in [6.45, 7) is 0.585. The van der Waals surface area contributed by atoms with Gasteiger partial charge in [0.05, 0.1) is 12.0 Å². The van der Waals surface area contributed by atoms with Crippen LogP contribution in [0.2, 0.25) is 0 Å². The van der Waals surface area contributed by atoms with Crippen LogP contribution in [0.15, 0.2) is 101 Å². The molecule has 3 aromatic carbocycles. The van der Waals surface area contributed by atoms with E-state index >= 15 is 0 Å². The number of hydrogen-bond acceptors (Lipinski definition) is 2. The van der Waals surface area contributed by atoms with Gasteiger partial charge in [0.2, 0.25) is 0 Å². The van der Waals surface area contributed by atoms with Crippen molar-refractivity contribution in [3.05, 3.63) is 108 Å². The Hall–Kier alpha value is -2.74. The highest BCUT2D eigenvalue weighted by atomic mass is 15.1. The quantitative estimate of drug-likeness (QED) is 0.462. The molecular weight excluding hydrogens is 280 g/mol. The number of azo groups is 1. The van der Waals surface area contributed by atoms with Gasteiger partial charge in [0.15, 0.2) is 0 Å². The Balaban J connectivity index is 2.30. The maximum atomic E-state index is 4.40. The van der Waals surface area contributed by atoms with Crippen molar-refractivity contribution in [2.45, 2.75) is 5.41 Å². The molecule has 2 heteroatoms. The molecule has 0 saturated heterocycles. The highest BCUT2D eigenvalue weighted by molar-refractivity contribution is 5.50. The molecule has 0 heterocycles. The van der Waals surface area contributed by atoms with E-state index in [1.165, 1.54) is 16.7 Å². The first-order valence-electron chi connectivity index (χ1n) is 7.80. The second kappa shape index (κ2) is 7.01. The predicted molar refractivity (Wildman–Crippen MR) is 94.9 cm³/mol. The van der Waals surface area contributed by atoms with E-state index in [4.69, 9.17) is 0 Å². The van der Waals surface area contributed by atoms with Crippen LogP contribution in [0.3, 0.4) is 0 Å². The Morgan fingerprint density at radius 1 is 0.609 bits per heavy atom. The predicted octanol–water partition coefficient (Wildman–Crippen LogP) is 5.10. The maximum absolute atomic E-state index is 4.40. The highest BCUT2D eigenvalue weighted by Crippen LogP contribution is 2.39. The Morgan fingerprint density at radius 2 is 0.957 bits per heavy atom. The van der Waals surface area contributed by atoms with Gasteiger partial charge in [-0.15, -0.1) is 0 Å². The molecule has 114 valence electrons. The van der Waals surface area contributed by atoms with Gasteiger partial charge in [-0.25, -0.2) is 0 Å². The lowest BCUT2D eigenvalue weighted by atomic mass is 9.69. The zero-order chi connectivity index (χ0) is 16.0. The average molecular weight is 300 g/mol. The van der Waals surface area contributed by atoms with E-state index in [1.807, 2.05) is 18.2 Å². The fourth-order valence-corrected chi connectivity index (χ4v) is 3.12. The summed E-state index contributed by atoms with van der Waals surface area (Å²) >= 11 is 0. The summed E-state index contributed by atoms with van der Waals surface area (Å²) in [5.74, 6) is 0. The molecule has 23 heavy (non-hydrogen) atoms. The molecule has 0 atom stereocenters. The van der Waals surface area contributed by atoms with Crippen LogP contribution in [-0.2, 0) is 5.41 Å². The van der Waals surface area contributed by atoms with Crippen molar-refractivity contribution < 1.29 is 0 Å². The van der Waals surface area contributed by atoms with Crippen molar-refractivity contribution in [3.63, 3.8) is 0 Å². The van der Waals surface area contributed by atoms with Crippen molar-refractivity contribution in [3.8, 4) is 0 Å². The first-order chi connectivity index (χ1) is 11.4. The third-order valence-electron chi connectivity index (χ3n) is 4.25. The molecule has 0 N–H and O–H groups in total. The van der Waals surface area contributed by atoms with Gasteiger partial charge in [-0.3, -0.25) is 0 Å². The van der Waals surface area contributed by atoms with Crippen molar-refractivity contribution in [2.24, 2.45) is 10.2 Å². The molecule has 0 fully saturated rings. The van der Waals surface area contributed by atoms with Crippen LogP contribution in [0, 0.1) is 0 Å². The van der Waals surface area contributed by atoms with Gasteiger partial charge in [-0.05, 0) is 16.7 Å². The Morgan fingerprint density at radius 3 is 1.26 bits per heavy atom. The van der Waals surface area contributed by atoms with Crippen LogP contribution in [0.4, 0.5) is 0 Å². The van der Waals surface area contributed by atoms with Gasteiger partial charge in [-0.1, -0.05) is 91.0 Å². The lowest BCUT2D eigenvalue weighted by Gasteiger charge is -2.34. The van der Waals surface area contributed by atoms with Gasteiger partial charge in [-0.2, -0.15) is 10.2 Å². The lowest BCUT2D eigenvalue weighted by molar-refractivity contribution is 0.612. The monoisotopic (exact) mass is 300 g/mol. The molecule has 0 aliphatic carbocycles. The minimum Gasteiger partial charge on any atom is -0.198 e. The molecule has 0 saturated carbocycles. The van der Waals surface area contributed by atoms with Crippen molar-refractivity contribution >= 4 is 0 Å². The zero-order valence-electron chi connectivity index (χ0n) is 13.3. The van der Waals surface area contributed by atoms with E-state index in [9.17, 15) is 0 Å². The van der Waals surface area contributed by atoms with Crippen LogP contribution in [0.25, 0.3) is 0 Å². The third kappa shape index (κ3) is 2.93. The Labute approximate surface area is 137 Å². The molecule has 3 aromatic rings. The Bertz CT molecular complexity index is 653. The summed E-state index contributed by atoms with van der Waals surface area (Å²) in [6.07, 6.45) is 0. The van der Waals surface area contributed by atoms with Crippen LogP contribution in [-0.4, -0.2) is 13.6 Å². The zero-order valence-corrected chi connectivity index (χ0v) is 13.3. The molecule has 3 rings (SSSR count). The topological polar surface area (TPSA) is 24.7 Å². The number of hydrogen-bond donors (Lipinski definition) is 0. The molecule has 0 aliphatic rings. The van der Waals surface area contributed by atoms with Crippen LogP contribution < -0.4 is 0 Å². The molecular formula is C21H20N2. The molecule has 0 unspecified atom stereocenters. The summed E-state index contributed by atoms with van der Waals surface area (Å²) in [5, 5.41) is 8.42. The Kier molecular flexibility index (Phi) is 4.62. The van der Waals surface area contributed by atoms with E-state index in [2.05, 4.69) is 83.0 Å². The lowest BCUT2D eigenvalue weighted by Crippen LogP contribution is -2.32. The van der Waals surface area contributed by atoms with Gasteiger partial charge in [0, 0.05) is 7.05 Å². The van der Waals surface area contributed by atoms with Crippen LogP contribution in [0.5, 0.6) is 0 Å². The minimum atomic E-state index is -0.330. The van der Waals surface area contributed by atoms with Crippen molar-refractivity contribution in [1.29, 1.82) is 0 Å². The molecule has 2 nitrogen and oxygen atoms in total. The van der Waals surface area contributed by atoms with E-state index in [1.54, 1.807) is 7.05 Å². The van der Waals surface area contributed by atoms with E-state index < -0.39 is 0 Å². The molecule has 0 radical (unpaired) electrons. The fourth-order valence-electron chi connectivity index (χ4n) is 3.12. The first kappa shape index (κ1) is 15.2. The normalized spacial score (nSPS) is 11.7. The molecule has 0 aromatic heterocycles. The fraction of sp³-hybridized carbons (Fsp3) is 0.143. The van der Waals surface area contributed by atoms with Crippen LogP contribution >= 0.6 is 0 Å². The summed E-state index contributed by atoms with van der Waals surface area (Å²) in [4.78, 5) is 0. The van der Waals surface area contributed by atoms with Crippen LogP contribution in [0.1, 0.15) is 16.7 Å². The second-order valence-corrected chi connectivity index (χ2v) is 5.50. The summed E-state index contributed by atoms with van der Waals surface area (Å²) in [5.41, 5.74) is 3.35. The molecule has 0 aliphatic heterocycles. The smallest absolute Gasteiger partial charge is 0.0777 e. The average Bonchev–Trinajstić information content (AvgIpc) is 2.65. The largest absolute Gasteiger partial charge is 0.198 e.